The van der Waals surface area contributed by atoms with Gasteiger partial charge in [0.15, 0.2) is 14.7 Å². The standard InChI is InChI=1S/C15H12N3S.C8H10O3S/c1-4-13(10-16-7-1)19(14-5-2-8-17-11-14)15-6-3-9-18-12-15;1-6-3-4-8(7(2)5-6)12(9,10)11/h1-12H;3-5H,1-2H3,(H,9,10,11)/q+1;/p-1. The number of nitrogens with zero attached hydrogens (tertiary/aromatic N) is 3. The summed E-state index contributed by atoms with van der Waals surface area (Å²) < 4.78 is 31.8. The predicted octanol–water partition coefficient (Wildman–Crippen LogP) is 4.17. The third-order valence-electron chi connectivity index (χ3n) is 4.21. The van der Waals surface area contributed by atoms with Crippen molar-refractivity contribution in [1.29, 1.82) is 0 Å². The van der Waals surface area contributed by atoms with Gasteiger partial charge in [0.2, 0.25) is 0 Å². The monoisotopic (exact) mass is 451 g/mol. The van der Waals surface area contributed by atoms with Crippen LogP contribution < -0.4 is 0 Å². The molecule has 0 unspecified atom stereocenters. The minimum Gasteiger partial charge on any atom is -0.744 e. The molecule has 1 aromatic carbocycles. The highest BCUT2D eigenvalue weighted by Crippen LogP contribution is 2.29. The third kappa shape index (κ3) is 6.21. The second-order valence-corrected chi connectivity index (χ2v) is 9.97. The molecule has 0 bridgehead atoms. The Morgan fingerprint density at radius 3 is 1.52 bits per heavy atom. The normalized spacial score (nSPS) is 11.0. The molecule has 0 saturated heterocycles. The van der Waals surface area contributed by atoms with Crippen LogP contribution in [-0.2, 0) is 21.0 Å². The van der Waals surface area contributed by atoms with E-state index in [-0.39, 0.29) is 15.8 Å². The fraction of sp³-hybridized carbons (Fsp3) is 0.0870. The summed E-state index contributed by atoms with van der Waals surface area (Å²) >= 11 is 0. The Kier molecular flexibility index (Phi) is 7.51. The van der Waals surface area contributed by atoms with Gasteiger partial charge in [0.1, 0.15) is 21.0 Å². The van der Waals surface area contributed by atoms with Crippen LogP contribution in [0.3, 0.4) is 0 Å². The van der Waals surface area contributed by atoms with Crippen molar-refractivity contribution in [2.75, 3.05) is 0 Å². The number of rotatable bonds is 4. The second-order valence-electron chi connectivity index (χ2n) is 6.60. The maximum absolute atomic E-state index is 10.6. The van der Waals surface area contributed by atoms with Crippen LogP contribution >= 0.6 is 0 Å². The van der Waals surface area contributed by atoms with Crippen LogP contribution in [0.15, 0.2) is 111 Å². The summed E-state index contributed by atoms with van der Waals surface area (Å²) in [5, 5.41) is 0. The average Bonchev–Trinajstić information content (AvgIpc) is 2.76. The van der Waals surface area contributed by atoms with Crippen LogP contribution in [0.1, 0.15) is 11.1 Å². The maximum Gasteiger partial charge on any atom is 0.184 e. The first-order valence-electron chi connectivity index (χ1n) is 9.34. The topological polar surface area (TPSA) is 95.9 Å². The molecule has 0 fully saturated rings. The second kappa shape index (κ2) is 10.3. The van der Waals surface area contributed by atoms with Gasteiger partial charge in [-0.05, 0) is 61.9 Å². The van der Waals surface area contributed by atoms with Crippen LogP contribution in [-0.4, -0.2) is 27.9 Å². The predicted molar refractivity (Wildman–Crippen MR) is 119 cm³/mol. The highest BCUT2D eigenvalue weighted by Gasteiger charge is 2.29. The quantitative estimate of drug-likeness (QED) is 0.341. The van der Waals surface area contributed by atoms with E-state index in [1.165, 1.54) is 20.8 Å². The SMILES string of the molecule is Cc1ccc(S(=O)(=O)[O-])c(C)c1.c1cncc([S+](c2cccnc2)c2cccnc2)c1. The van der Waals surface area contributed by atoms with Gasteiger partial charge in [0, 0.05) is 18.6 Å². The zero-order valence-corrected chi connectivity index (χ0v) is 18.7. The van der Waals surface area contributed by atoms with Gasteiger partial charge in [-0.15, -0.1) is 0 Å². The number of hydrogen-bond acceptors (Lipinski definition) is 6. The van der Waals surface area contributed by atoms with Gasteiger partial charge in [-0.25, -0.2) is 8.42 Å². The van der Waals surface area contributed by atoms with Crippen molar-refractivity contribution in [3.63, 3.8) is 0 Å². The molecule has 0 amide bonds. The van der Waals surface area contributed by atoms with Gasteiger partial charge in [-0.2, -0.15) is 0 Å². The lowest BCUT2D eigenvalue weighted by Gasteiger charge is -2.10. The largest absolute Gasteiger partial charge is 0.744 e. The molecule has 4 aromatic rings. The molecule has 0 aliphatic carbocycles. The van der Waals surface area contributed by atoms with E-state index in [0.717, 1.165) is 5.56 Å². The van der Waals surface area contributed by atoms with Crippen LogP contribution in [0.4, 0.5) is 0 Å². The zero-order valence-electron chi connectivity index (χ0n) is 17.0. The maximum atomic E-state index is 10.6. The Hall–Kier alpha value is -3.07. The first kappa shape index (κ1) is 22.6. The highest BCUT2D eigenvalue weighted by molar-refractivity contribution is 7.97. The Balaban J connectivity index is 0.000000196. The molecule has 8 heteroatoms. The average molecular weight is 452 g/mol. The lowest BCUT2D eigenvalue weighted by Crippen LogP contribution is -2.05. The van der Waals surface area contributed by atoms with Crippen molar-refractivity contribution in [3.8, 4) is 0 Å². The molecular weight excluding hydrogens is 430 g/mol. The summed E-state index contributed by atoms with van der Waals surface area (Å²) in [7, 11) is -4.50. The van der Waals surface area contributed by atoms with Gasteiger partial charge in [0.25, 0.3) is 0 Å². The lowest BCUT2D eigenvalue weighted by atomic mass is 10.2. The van der Waals surface area contributed by atoms with Crippen molar-refractivity contribution < 1.29 is 13.0 Å². The number of aryl methyl sites for hydroxylation is 2. The fourth-order valence-corrected chi connectivity index (χ4v) is 5.54. The summed E-state index contributed by atoms with van der Waals surface area (Å²) in [6.45, 7) is 3.45. The van der Waals surface area contributed by atoms with E-state index in [2.05, 4.69) is 33.2 Å². The molecule has 0 aliphatic heterocycles. The smallest absolute Gasteiger partial charge is 0.184 e. The Morgan fingerprint density at radius 2 is 1.19 bits per heavy atom. The Morgan fingerprint density at radius 1 is 0.742 bits per heavy atom. The minimum absolute atomic E-state index is 0.131. The van der Waals surface area contributed by atoms with Crippen molar-refractivity contribution in [2.45, 2.75) is 33.4 Å². The van der Waals surface area contributed by atoms with Crippen LogP contribution in [0.2, 0.25) is 0 Å². The van der Waals surface area contributed by atoms with Crippen LogP contribution in [0.25, 0.3) is 0 Å². The van der Waals surface area contributed by atoms with Crippen molar-refractivity contribution in [3.05, 3.63) is 103 Å². The van der Waals surface area contributed by atoms with Crippen LogP contribution in [0, 0.1) is 13.8 Å². The van der Waals surface area contributed by atoms with E-state index in [0.29, 0.717) is 5.56 Å². The summed E-state index contributed by atoms with van der Waals surface area (Å²) in [6.07, 6.45) is 11.1. The molecule has 0 aliphatic rings. The third-order valence-corrected chi connectivity index (χ3v) is 7.35. The van der Waals surface area contributed by atoms with E-state index in [1.54, 1.807) is 37.6 Å². The van der Waals surface area contributed by atoms with Crippen molar-refractivity contribution >= 4 is 21.0 Å². The van der Waals surface area contributed by atoms with Gasteiger partial charge in [-0.3, -0.25) is 15.0 Å². The molecule has 4 rings (SSSR count). The number of aromatic nitrogens is 3. The van der Waals surface area contributed by atoms with Gasteiger partial charge < -0.3 is 4.55 Å². The molecular formula is C23H21N3O3S2. The summed E-state index contributed by atoms with van der Waals surface area (Å²) in [5.41, 5.74) is 1.45. The van der Waals surface area contributed by atoms with Gasteiger partial charge in [-0.1, -0.05) is 17.7 Å². The molecule has 3 aromatic heterocycles. The van der Waals surface area contributed by atoms with E-state index >= 15 is 0 Å². The molecule has 0 radical (unpaired) electrons. The zero-order chi connectivity index (χ0) is 22.3. The first-order chi connectivity index (χ1) is 14.9. The molecule has 0 spiro atoms. The van der Waals surface area contributed by atoms with E-state index in [1.807, 2.05) is 43.7 Å². The summed E-state index contributed by atoms with van der Waals surface area (Å²) in [5.74, 6) is 0. The minimum atomic E-state index is -4.30. The van der Waals surface area contributed by atoms with Gasteiger partial charge >= 0.3 is 0 Å². The molecule has 6 nitrogen and oxygen atoms in total. The molecule has 3 heterocycles. The molecule has 31 heavy (non-hydrogen) atoms. The first-order valence-corrected chi connectivity index (χ1v) is 12.0. The summed E-state index contributed by atoms with van der Waals surface area (Å²) in [6, 6.07) is 16.8. The number of pyridine rings is 3. The van der Waals surface area contributed by atoms with Crippen molar-refractivity contribution in [1.82, 2.24) is 15.0 Å². The Labute approximate surface area is 185 Å². The van der Waals surface area contributed by atoms with E-state index < -0.39 is 10.1 Å². The number of hydrogen-bond donors (Lipinski definition) is 0. The van der Waals surface area contributed by atoms with Gasteiger partial charge in [0.05, 0.1) is 23.5 Å². The molecule has 158 valence electrons. The van der Waals surface area contributed by atoms with E-state index in [9.17, 15) is 13.0 Å². The molecule has 0 atom stereocenters. The Bertz CT molecular complexity index is 1130. The van der Waals surface area contributed by atoms with E-state index in [4.69, 9.17) is 0 Å². The highest BCUT2D eigenvalue weighted by atomic mass is 32.2. The fourth-order valence-electron chi connectivity index (χ4n) is 2.89. The molecule has 0 saturated carbocycles. The summed E-state index contributed by atoms with van der Waals surface area (Å²) in [4.78, 5) is 16.0. The van der Waals surface area contributed by atoms with Crippen molar-refractivity contribution in [2.24, 2.45) is 0 Å². The molecule has 0 N–H and O–H groups in total. The number of benzene rings is 1. The van der Waals surface area contributed by atoms with Crippen LogP contribution in [0.5, 0.6) is 0 Å². The lowest BCUT2D eigenvalue weighted by molar-refractivity contribution is 0.462.